The van der Waals surface area contributed by atoms with Gasteiger partial charge in [-0.2, -0.15) is 17.6 Å². The van der Waals surface area contributed by atoms with Gasteiger partial charge < -0.3 is 8.60 Å². The first kappa shape index (κ1) is 21.9. The van der Waals surface area contributed by atoms with Crippen LogP contribution in [0.5, 0.6) is 5.75 Å². The number of benzene rings is 2. The van der Waals surface area contributed by atoms with Crippen LogP contribution in [0.25, 0.3) is 21.9 Å². The van der Waals surface area contributed by atoms with E-state index < -0.39 is 34.8 Å². The molecule has 1 unspecified atom stereocenters. The molecule has 11 heteroatoms. The van der Waals surface area contributed by atoms with Crippen molar-refractivity contribution in [1.82, 2.24) is 0 Å². The first-order valence-corrected chi connectivity index (χ1v) is 9.10. The van der Waals surface area contributed by atoms with Gasteiger partial charge in [-0.25, -0.2) is 13.2 Å². The van der Waals surface area contributed by atoms with E-state index >= 15 is 0 Å². The summed E-state index contributed by atoms with van der Waals surface area (Å²) in [6.07, 6.45) is 0. The van der Waals surface area contributed by atoms with E-state index in [2.05, 4.69) is 0 Å². The van der Waals surface area contributed by atoms with E-state index in [9.17, 15) is 30.7 Å². The van der Waals surface area contributed by atoms with Crippen LogP contribution in [-0.4, -0.2) is 22.8 Å². The maximum Gasteiger partial charge on any atom is 0.394 e. The third-order valence-electron chi connectivity index (χ3n) is 4.45. The molecule has 2 nitrogen and oxygen atoms in total. The Labute approximate surface area is 169 Å². The van der Waals surface area contributed by atoms with Crippen LogP contribution in [0.1, 0.15) is 13.8 Å². The molecule has 158 valence electrons. The van der Waals surface area contributed by atoms with Crippen LogP contribution in [0.4, 0.5) is 30.7 Å². The monoisotopic (exact) mass is 460 g/mol. The Hall–Kier alpha value is -1.81. The molecule has 1 atom stereocenters. The number of halogens is 8. The normalized spacial score (nSPS) is 15.7. The molecule has 2 aromatic carbocycles. The molecule has 1 aromatic heterocycles. The number of hydrogen-bond donors (Lipinski definition) is 0. The zero-order valence-electron chi connectivity index (χ0n) is 14.7. The second kappa shape index (κ2) is 6.87. The van der Waals surface area contributed by atoms with Gasteiger partial charge in [0, 0.05) is 6.92 Å². The number of rotatable bonds is 6. The van der Waals surface area contributed by atoms with Gasteiger partial charge in [-0.1, -0.05) is 23.7 Å². The Bertz CT molecular complexity index is 1060. The Morgan fingerprint density at radius 1 is 0.862 bits per heavy atom. The molecule has 0 spiro atoms. The number of furan rings is 1. The molecule has 0 saturated carbocycles. The molecule has 0 fully saturated rings. The quantitative estimate of drug-likeness (QED) is 0.276. The lowest BCUT2D eigenvalue weighted by Crippen LogP contribution is -2.61. The van der Waals surface area contributed by atoms with Gasteiger partial charge in [-0.05, 0) is 31.2 Å². The van der Waals surface area contributed by atoms with E-state index in [0.717, 1.165) is 0 Å². The zero-order valence-corrected chi connectivity index (χ0v) is 16.3. The van der Waals surface area contributed by atoms with Gasteiger partial charge in [0.2, 0.25) is 5.67 Å². The highest BCUT2D eigenvalue weighted by molar-refractivity contribution is 7.96. The van der Waals surface area contributed by atoms with Crippen LogP contribution < -0.4 is 4.18 Å². The van der Waals surface area contributed by atoms with E-state index in [1.807, 2.05) is 0 Å². The summed E-state index contributed by atoms with van der Waals surface area (Å²) in [5, 5.41) is -4.75. The summed E-state index contributed by atoms with van der Waals surface area (Å²) in [7, 11) is 0. The highest BCUT2D eigenvalue weighted by atomic mass is 35.5. The minimum absolute atomic E-state index is 0.114. The number of hydrogen-bond acceptors (Lipinski definition) is 3. The summed E-state index contributed by atoms with van der Waals surface area (Å²) in [5.41, 5.74) is -4.39. The fraction of sp³-hybridized carbons (Fsp3) is 0.333. The average Bonchev–Trinajstić information content (AvgIpc) is 2.99. The van der Waals surface area contributed by atoms with Gasteiger partial charge in [0.05, 0.1) is 15.8 Å². The summed E-state index contributed by atoms with van der Waals surface area (Å²) in [4.78, 5) is 0. The van der Waals surface area contributed by atoms with Crippen LogP contribution >= 0.6 is 23.6 Å². The minimum atomic E-state index is -5.76. The lowest BCUT2D eigenvalue weighted by Gasteiger charge is -2.37. The molecule has 0 amide bonds. The average molecular weight is 461 g/mol. The van der Waals surface area contributed by atoms with E-state index in [1.165, 1.54) is 24.3 Å². The third-order valence-corrected chi connectivity index (χ3v) is 5.49. The van der Waals surface area contributed by atoms with E-state index in [1.54, 1.807) is 12.1 Å². The molecule has 1 heterocycles. The molecule has 0 saturated heterocycles. The molecule has 0 aliphatic carbocycles. The van der Waals surface area contributed by atoms with E-state index in [-0.39, 0.29) is 46.6 Å². The smallest absolute Gasteiger partial charge is 0.394 e. The van der Waals surface area contributed by atoms with Gasteiger partial charge in [0.25, 0.3) is 5.92 Å². The van der Waals surface area contributed by atoms with Crippen molar-refractivity contribution < 1.29 is 39.3 Å². The van der Waals surface area contributed by atoms with E-state index in [4.69, 9.17) is 20.2 Å². The van der Waals surface area contributed by atoms with Crippen molar-refractivity contribution in [3.63, 3.8) is 0 Å². The minimum Gasteiger partial charge on any atom is -0.456 e. The Kier molecular flexibility index (Phi) is 5.18. The number of alkyl halides is 7. The molecular weight excluding hydrogens is 449 g/mol. The Morgan fingerprint density at radius 3 is 2.00 bits per heavy atom. The van der Waals surface area contributed by atoms with Gasteiger partial charge in [0.15, 0.2) is 0 Å². The molecule has 0 aliphatic rings. The van der Waals surface area contributed by atoms with Gasteiger partial charge in [0.1, 0.15) is 29.0 Å². The second-order valence-electron chi connectivity index (χ2n) is 6.49. The standard InChI is InChI=1S/C18H12ClF7O2S/c1-15(20,16(2,21)22)17(23,24)18(25,26)29-28-12-8-4-7-11-14(12)13-9(19)5-3-6-10(13)27-11/h3-8H,1-2H3. The third kappa shape index (κ3) is 3.39. The largest absolute Gasteiger partial charge is 0.456 e. The lowest BCUT2D eigenvalue weighted by atomic mass is 9.93. The highest BCUT2D eigenvalue weighted by Gasteiger charge is 2.76. The molecule has 3 rings (SSSR count). The van der Waals surface area contributed by atoms with Crippen molar-refractivity contribution >= 4 is 45.6 Å². The second-order valence-corrected chi connectivity index (χ2v) is 7.75. The fourth-order valence-corrected chi connectivity index (χ4v) is 3.45. The molecule has 29 heavy (non-hydrogen) atoms. The summed E-state index contributed by atoms with van der Waals surface area (Å²) >= 11 is 4.97. The maximum absolute atomic E-state index is 14.1. The fourth-order valence-electron chi connectivity index (χ4n) is 2.56. The van der Waals surface area contributed by atoms with Gasteiger partial charge in [-0.15, -0.1) is 0 Å². The first-order chi connectivity index (χ1) is 13.2. The summed E-state index contributed by atoms with van der Waals surface area (Å²) in [5.74, 6) is -10.8. The van der Waals surface area contributed by atoms with Crippen molar-refractivity contribution in [2.75, 3.05) is 0 Å². The topological polar surface area (TPSA) is 22.4 Å². The molecule has 0 N–H and O–H groups in total. The van der Waals surface area contributed by atoms with Gasteiger partial charge in [-0.3, -0.25) is 0 Å². The van der Waals surface area contributed by atoms with Gasteiger partial charge >= 0.3 is 11.2 Å². The highest BCUT2D eigenvalue weighted by Crippen LogP contribution is 2.55. The Morgan fingerprint density at radius 2 is 1.41 bits per heavy atom. The SMILES string of the molecule is CC(F)(F)C(C)(F)C(F)(F)C(F)(F)SOc1cccc2oc3cccc(Cl)c3c12. The summed E-state index contributed by atoms with van der Waals surface area (Å²) < 4.78 is 107. The maximum atomic E-state index is 14.1. The predicted octanol–water partition coefficient (Wildman–Crippen LogP) is 7.88. The van der Waals surface area contributed by atoms with Crippen molar-refractivity contribution in [2.24, 2.45) is 0 Å². The lowest BCUT2D eigenvalue weighted by molar-refractivity contribution is -0.285. The molecule has 0 aliphatic heterocycles. The molecule has 0 radical (unpaired) electrons. The predicted molar refractivity (Wildman–Crippen MR) is 97.0 cm³/mol. The van der Waals surface area contributed by atoms with Crippen molar-refractivity contribution in [3.05, 3.63) is 41.4 Å². The summed E-state index contributed by atoms with van der Waals surface area (Å²) in [6, 6.07) is 8.58. The zero-order chi connectivity index (χ0) is 21.8. The molecule has 0 bridgehead atoms. The Balaban J connectivity index is 1.99. The van der Waals surface area contributed by atoms with Crippen LogP contribution in [0, 0.1) is 0 Å². The number of fused-ring (bicyclic) bond motifs is 3. The van der Waals surface area contributed by atoms with Crippen LogP contribution in [0.15, 0.2) is 40.8 Å². The van der Waals surface area contributed by atoms with Crippen LogP contribution in [0.3, 0.4) is 0 Å². The van der Waals surface area contributed by atoms with Crippen molar-refractivity contribution in [1.29, 1.82) is 0 Å². The molecular formula is C18H12ClF7O2S. The molecule has 3 aromatic rings. The first-order valence-electron chi connectivity index (χ1n) is 7.98. The summed E-state index contributed by atoms with van der Waals surface area (Å²) in [6.45, 7) is -0.492. The van der Waals surface area contributed by atoms with Crippen LogP contribution in [0.2, 0.25) is 5.02 Å². The van der Waals surface area contributed by atoms with E-state index in [0.29, 0.717) is 0 Å². The van der Waals surface area contributed by atoms with Crippen molar-refractivity contribution in [3.8, 4) is 5.75 Å². The van der Waals surface area contributed by atoms with Crippen LogP contribution in [-0.2, 0) is 0 Å². The van der Waals surface area contributed by atoms with Crippen molar-refractivity contribution in [2.45, 2.75) is 36.6 Å².